The van der Waals surface area contributed by atoms with Crippen molar-refractivity contribution < 1.29 is 14.9 Å². The van der Waals surface area contributed by atoms with E-state index in [1.54, 1.807) is 7.11 Å². The lowest BCUT2D eigenvalue weighted by Gasteiger charge is -2.14. The van der Waals surface area contributed by atoms with Gasteiger partial charge in [-0.3, -0.25) is 0 Å². The predicted molar refractivity (Wildman–Crippen MR) is 49.8 cm³/mol. The van der Waals surface area contributed by atoms with Gasteiger partial charge in [0.25, 0.3) is 0 Å². The van der Waals surface area contributed by atoms with E-state index in [4.69, 9.17) is 4.74 Å². The first-order valence-corrected chi connectivity index (χ1v) is 4.90. The summed E-state index contributed by atoms with van der Waals surface area (Å²) in [7, 11) is 1.61. The molecule has 1 fully saturated rings. The number of hydrogen-bond acceptors (Lipinski definition) is 3. The van der Waals surface area contributed by atoms with Crippen molar-refractivity contribution in [1.29, 1.82) is 0 Å². The van der Waals surface area contributed by atoms with Crippen molar-refractivity contribution in [1.82, 2.24) is 0 Å². The Morgan fingerprint density at radius 1 is 1.55 bits per heavy atom. The summed E-state index contributed by atoms with van der Waals surface area (Å²) in [6.07, 6.45) is -0.126. The van der Waals surface area contributed by atoms with Crippen LogP contribution >= 0.6 is 22.6 Å². The molecular weight excluding hydrogens is 259 g/mol. The zero-order chi connectivity index (χ0) is 8.43. The number of alkyl halides is 1. The molecule has 4 unspecified atom stereocenters. The predicted octanol–water partition coefficient (Wildman–Crippen LogP) is 0.178. The Labute approximate surface area is 79.9 Å². The molecule has 0 heterocycles. The first kappa shape index (κ1) is 9.70. The third-order valence-corrected chi connectivity index (χ3v) is 3.67. The molecule has 0 aromatic carbocycles. The molecule has 0 aliphatic heterocycles. The highest BCUT2D eigenvalue weighted by molar-refractivity contribution is 14.1. The van der Waals surface area contributed by atoms with Gasteiger partial charge in [0.1, 0.15) is 0 Å². The molecule has 0 aromatic rings. The topological polar surface area (TPSA) is 49.7 Å². The quantitative estimate of drug-likeness (QED) is 0.557. The van der Waals surface area contributed by atoms with Gasteiger partial charge in [0.05, 0.1) is 22.7 Å². The molecule has 0 bridgehead atoms. The summed E-state index contributed by atoms with van der Waals surface area (Å²) in [5.41, 5.74) is 0. The number of aliphatic hydroxyl groups is 2. The van der Waals surface area contributed by atoms with E-state index in [0.29, 0.717) is 13.0 Å². The minimum atomic E-state index is -0.412. The summed E-state index contributed by atoms with van der Waals surface area (Å²) in [4.78, 5) is 0. The van der Waals surface area contributed by atoms with Crippen LogP contribution in [0, 0.1) is 5.92 Å². The molecule has 3 nitrogen and oxygen atoms in total. The van der Waals surface area contributed by atoms with Gasteiger partial charge < -0.3 is 14.9 Å². The Morgan fingerprint density at radius 2 is 2.18 bits per heavy atom. The smallest absolute Gasteiger partial charge is 0.0733 e. The monoisotopic (exact) mass is 272 g/mol. The van der Waals surface area contributed by atoms with Gasteiger partial charge in [-0.15, -0.1) is 0 Å². The molecule has 1 rings (SSSR count). The molecule has 11 heavy (non-hydrogen) atoms. The molecule has 0 amide bonds. The van der Waals surface area contributed by atoms with Crippen LogP contribution in [0.4, 0.5) is 0 Å². The molecule has 1 saturated carbocycles. The van der Waals surface area contributed by atoms with Gasteiger partial charge in [0.15, 0.2) is 0 Å². The first-order valence-electron chi connectivity index (χ1n) is 3.66. The van der Waals surface area contributed by atoms with Crippen LogP contribution in [-0.2, 0) is 4.74 Å². The summed E-state index contributed by atoms with van der Waals surface area (Å²) < 4.78 is 4.88. The van der Waals surface area contributed by atoms with E-state index in [1.807, 2.05) is 0 Å². The average Bonchev–Trinajstić information content (AvgIpc) is 2.19. The van der Waals surface area contributed by atoms with E-state index < -0.39 is 6.10 Å². The van der Waals surface area contributed by atoms with E-state index in [2.05, 4.69) is 22.6 Å². The van der Waals surface area contributed by atoms with Crippen LogP contribution in [0.2, 0.25) is 0 Å². The Kier molecular flexibility index (Phi) is 3.54. The van der Waals surface area contributed by atoms with Crippen molar-refractivity contribution in [3.63, 3.8) is 0 Å². The van der Waals surface area contributed by atoms with Crippen molar-refractivity contribution in [2.24, 2.45) is 5.92 Å². The van der Waals surface area contributed by atoms with Crippen molar-refractivity contribution >= 4 is 22.6 Å². The van der Waals surface area contributed by atoms with Crippen molar-refractivity contribution in [2.75, 3.05) is 13.7 Å². The lowest BCUT2D eigenvalue weighted by molar-refractivity contribution is 0.0722. The molecular formula is C7H13IO3. The lowest BCUT2D eigenvalue weighted by Crippen LogP contribution is -2.26. The molecule has 0 spiro atoms. The van der Waals surface area contributed by atoms with E-state index in [9.17, 15) is 10.2 Å². The van der Waals surface area contributed by atoms with Crippen LogP contribution < -0.4 is 0 Å². The normalized spacial score (nSPS) is 44.7. The van der Waals surface area contributed by atoms with E-state index >= 15 is 0 Å². The molecule has 4 heteroatoms. The highest BCUT2D eigenvalue weighted by Crippen LogP contribution is 2.31. The van der Waals surface area contributed by atoms with Crippen LogP contribution in [0.5, 0.6) is 0 Å². The SMILES string of the molecule is COCC1CC(O)C(I)C1O. The Hall–Kier alpha value is 0.610. The van der Waals surface area contributed by atoms with Crippen LogP contribution in [0.15, 0.2) is 0 Å². The number of rotatable bonds is 2. The second kappa shape index (κ2) is 4.02. The number of halogens is 1. The minimum absolute atomic E-state index is 0.0345. The number of methoxy groups -OCH3 is 1. The maximum Gasteiger partial charge on any atom is 0.0733 e. The van der Waals surface area contributed by atoms with E-state index in [-0.39, 0.29) is 15.9 Å². The fourth-order valence-corrected chi connectivity index (χ4v) is 2.33. The van der Waals surface area contributed by atoms with Crippen molar-refractivity contribution in [3.8, 4) is 0 Å². The largest absolute Gasteiger partial charge is 0.392 e. The van der Waals surface area contributed by atoms with Gasteiger partial charge in [0, 0.05) is 13.0 Å². The maximum absolute atomic E-state index is 9.51. The van der Waals surface area contributed by atoms with E-state index in [1.165, 1.54) is 0 Å². The minimum Gasteiger partial charge on any atom is -0.392 e. The number of ether oxygens (including phenoxy) is 1. The number of hydrogen-bond donors (Lipinski definition) is 2. The summed E-state index contributed by atoms with van der Waals surface area (Å²) in [5.74, 6) is 0.108. The highest BCUT2D eigenvalue weighted by Gasteiger charge is 2.39. The molecule has 0 aromatic heterocycles. The Balaban J connectivity index is 2.45. The molecule has 66 valence electrons. The molecule has 0 saturated heterocycles. The van der Waals surface area contributed by atoms with Gasteiger partial charge in [0.2, 0.25) is 0 Å². The zero-order valence-electron chi connectivity index (χ0n) is 6.40. The average molecular weight is 272 g/mol. The van der Waals surface area contributed by atoms with Crippen molar-refractivity contribution in [3.05, 3.63) is 0 Å². The lowest BCUT2D eigenvalue weighted by atomic mass is 10.1. The van der Waals surface area contributed by atoms with Crippen LogP contribution in [-0.4, -0.2) is 40.1 Å². The van der Waals surface area contributed by atoms with Crippen LogP contribution in [0.25, 0.3) is 0 Å². The van der Waals surface area contributed by atoms with Gasteiger partial charge in [-0.2, -0.15) is 0 Å². The van der Waals surface area contributed by atoms with Gasteiger partial charge >= 0.3 is 0 Å². The second-order valence-corrected chi connectivity index (χ2v) is 4.39. The zero-order valence-corrected chi connectivity index (χ0v) is 8.56. The highest BCUT2D eigenvalue weighted by atomic mass is 127. The van der Waals surface area contributed by atoms with Gasteiger partial charge in [-0.05, 0) is 6.42 Å². The fraction of sp³-hybridized carbons (Fsp3) is 1.00. The van der Waals surface area contributed by atoms with Gasteiger partial charge in [-0.1, -0.05) is 22.6 Å². The summed E-state index contributed by atoms with van der Waals surface area (Å²) in [6.45, 7) is 0.539. The molecule has 2 N–H and O–H groups in total. The molecule has 1 aliphatic rings. The van der Waals surface area contributed by atoms with Crippen LogP contribution in [0.3, 0.4) is 0 Å². The first-order chi connectivity index (χ1) is 5.16. The second-order valence-electron chi connectivity index (χ2n) is 2.95. The van der Waals surface area contributed by atoms with E-state index in [0.717, 1.165) is 0 Å². The number of aliphatic hydroxyl groups excluding tert-OH is 2. The molecule has 1 aliphatic carbocycles. The third kappa shape index (κ3) is 2.05. The Bertz CT molecular complexity index is 131. The molecule has 0 radical (unpaired) electrons. The third-order valence-electron chi connectivity index (χ3n) is 2.10. The molecule has 4 atom stereocenters. The summed E-state index contributed by atoms with van der Waals surface area (Å²) in [5, 5.41) is 18.9. The fourth-order valence-electron chi connectivity index (χ4n) is 1.45. The Morgan fingerprint density at radius 3 is 2.55 bits per heavy atom. The van der Waals surface area contributed by atoms with Crippen molar-refractivity contribution in [2.45, 2.75) is 22.6 Å². The van der Waals surface area contributed by atoms with Gasteiger partial charge in [-0.25, -0.2) is 0 Å². The van der Waals surface area contributed by atoms with Crippen LogP contribution in [0.1, 0.15) is 6.42 Å². The standard InChI is InChI=1S/C7H13IO3/c1-11-3-4-2-5(9)6(8)7(4)10/h4-7,9-10H,2-3H2,1H3. The summed E-state index contributed by atoms with van der Waals surface area (Å²) >= 11 is 2.08. The maximum atomic E-state index is 9.51. The summed E-state index contributed by atoms with van der Waals surface area (Å²) in [6, 6.07) is 0.